The van der Waals surface area contributed by atoms with Crippen molar-refractivity contribution in [1.82, 2.24) is 5.32 Å². The molecule has 1 amide bonds. The Balaban J connectivity index is 1.62. The van der Waals surface area contributed by atoms with Gasteiger partial charge in [0.05, 0.1) is 6.04 Å². The van der Waals surface area contributed by atoms with Gasteiger partial charge in [-0.1, -0.05) is 48.0 Å². The molecule has 0 bridgehead atoms. The number of hydrogen-bond acceptors (Lipinski definition) is 4. The molecule has 0 fully saturated rings. The van der Waals surface area contributed by atoms with Crippen molar-refractivity contribution < 1.29 is 19.4 Å². The number of phenolic OH excluding ortho intramolecular Hbond substituents is 1. The number of carbonyl (C=O) groups excluding carboxylic acids is 2. The summed E-state index contributed by atoms with van der Waals surface area (Å²) in [6, 6.07) is 17.2. The summed E-state index contributed by atoms with van der Waals surface area (Å²) in [7, 11) is 0. The van der Waals surface area contributed by atoms with Crippen LogP contribution in [-0.4, -0.2) is 23.6 Å². The van der Waals surface area contributed by atoms with Crippen molar-refractivity contribution in [3.8, 4) is 5.75 Å². The van der Waals surface area contributed by atoms with Crippen molar-refractivity contribution in [2.45, 2.75) is 13.0 Å². The van der Waals surface area contributed by atoms with Crippen LogP contribution in [0, 0.1) is 0 Å². The van der Waals surface area contributed by atoms with Gasteiger partial charge in [-0.2, -0.15) is 0 Å². The molecular weight excluding hydrogens is 366 g/mol. The number of aromatic hydroxyl groups is 1. The summed E-state index contributed by atoms with van der Waals surface area (Å²) in [5, 5.41) is 15.0. The molecule has 2 N–H and O–H groups in total. The van der Waals surface area contributed by atoms with Gasteiger partial charge in [-0.05, 0) is 47.5 Å². The average Bonchev–Trinajstić information content (AvgIpc) is 2.65. The zero-order valence-electron chi connectivity index (χ0n) is 14.6. The fourth-order valence-corrected chi connectivity index (χ4v) is 2.94. The monoisotopic (exact) mass is 383 g/mol. The number of amides is 1. The molecule has 0 aliphatic carbocycles. The maximum Gasteiger partial charge on any atom is 0.342 e. The van der Waals surface area contributed by atoms with E-state index in [1.807, 2.05) is 30.3 Å². The number of benzene rings is 3. The van der Waals surface area contributed by atoms with Crippen LogP contribution in [0.25, 0.3) is 10.8 Å². The fourth-order valence-electron chi connectivity index (χ4n) is 2.74. The number of hydrogen-bond donors (Lipinski definition) is 2. The Hall–Kier alpha value is -3.05. The maximum atomic E-state index is 12.2. The molecular formula is C21H18ClNO4. The summed E-state index contributed by atoms with van der Waals surface area (Å²) in [5.41, 5.74) is 0.860. The zero-order valence-corrected chi connectivity index (χ0v) is 15.4. The Morgan fingerprint density at radius 3 is 2.48 bits per heavy atom. The van der Waals surface area contributed by atoms with E-state index < -0.39 is 18.5 Å². The predicted molar refractivity (Wildman–Crippen MR) is 104 cm³/mol. The normalized spacial score (nSPS) is 11.8. The molecule has 0 spiro atoms. The molecule has 0 saturated carbocycles. The number of esters is 1. The van der Waals surface area contributed by atoms with E-state index in [9.17, 15) is 14.7 Å². The summed E-state index contributed by atoms with van der Waals surface area (Å²) < 4.78 is 5.04. The fraction of sp³-hybridized carbons (Fsp3) is 0.143. The van der Waals surface area contributed by atoms with E-state index in [-0.39, 0.29) is 17.4 Å². The first-order valence-electron chi connectivity index (χ1n) is 8.38. The third-order valence-corrected chi connectivity index (χ3v) is 4.38. The Bertz CT molecular complexity index is 1000. The van der Waals surface area contributed by atoms with Gasteiger partial charge < -0.3 is 15.2 Å². The Kier molecular flexibility index (Phi) is 5.62. The van der Waals surface area contributed by atoms with Gasteiger partial charge in [-0.3, -0.25) is 4.79 Å². The van der Waals surface area contributed by atoms with E-state index in [0.717, 1.165) is 16.3 Å². The van der Waals surface area contributed by atoms with E-state index in [1.54, 1.807) is 31.2 Å². The third kappa shape index (κ3) is 4.57. The molecule has 1 atom stereocenters. The zero-order chi connectivity index (χ0) is 19.4. The van der Waals surface area contributed by atoms with Crippen LogP contribution >= 0.6 is 11.6 Å². The van der Waals surface area contributed by atoms with Crippen LogP contribution < -0.4 is 5.32 Å². The lowest BCUT2D eigenvalue weighted by molar-refractivity contribution is -0.124. The van der Waals surface area contributed by atoms with Crippen molar-refractivity contribution in [2.75, 3.05) is 6.61 Å². The van der Waals surface area contributed by atoms with Gasteiger partial charge in [0, 0.05) is 5.02 Å². The lowest BCUT2D eigenvalue weighted by Crippen LogP contribution is -2.31. The van der Waals surface area contributed by atoms with Crippen molar-refractivity contribution in [2.24, 2.45) is 0 Å². The summed E-state index contributed by atoms with van der Waals surface area (Å²) in [4.78, 5) is 24.3. The third-order valence-electron chi connectivity index (χ3n) is 4.14. The Morgan fingerprint density at radius 1 is 1.07 bits per heavy atom. The molecule has 0 saturated heterocycles. The smallest absolute Gasteiger partial charge is 0.342 e. The van der Waals surface area contributed by atoms with Crippen LogP contribution in [0.1, 0.15) is 28.9 Å². The molecule has 0 aliphatic heterocycles. The number of halogens is 1. The van der Waals surface area contributed by atoms with Crippen molar-refractivity contribution >= 4 is 34.2 Å². The minimum Gasteiger partial charge on any atom is -0.507 e. The molecule has 5 nitrogen and oxygen atoms in total. The van der Waals surface area contributed by atoms with Gasteiger partial charge in [-0.15, -0.1) is 0 Å². The second-order valence-corrected chi connectivity index (χ2v) is 6.57. The van der Waals surface area contributed by atoms with Crippen LogP contribution in [0.4, 0.5) is 0 Å². The molecule has 27 heavy (non-hydrogen) atoms. The quantitative estimate of drug-likeness (QED) is 0.646. The van der Waals surface area contributed by atoms with E-state index in [0.29, 0.717) is 5.02 Å². The average molecular weight is 384 g/mol. The molecule has 0 heterocycles. The molecule has 0 aliphatic rings. The van der Waals surface area contributed by atoms with Crippen molar-refractivity contribution in [3.63, 3.8) is 0 Å². The second-order valence-electron chi connectivity index (χ2n) is 6.14. The highest BCUT2D eigenvalue weighted by molar-refractivity contribution is 6.30. The van der Waals surface area contributed by atoms with E-state index in [2.05, 4.69) is 5.32 Å². The minimum atomic E-state index is -0.760. The first-order valence-corrected chi connectivity index (χ1v) is 8.75. The standard InChI is InChI=1S/C21H18ClNO4/c1-13(14-7-4-8-17(22)9-14)23-20(25)12-27-21(26)18-10-15-5-2-3-6-16(15)11-19(18)24/h2-11,13,24H,12H2,1H3,(H,23,25)/t13-/m1/s1. The summed E-state index contributed by atoms with van der Waals surface area (Å²) >= 11 is 5.95. The van der Waals surface area contributed by atoms with Gasteiger partial charge in [0.1, 0.15) is 11.3 Å². The Labute approximate surface area is 161 Å². The lowest BCUT2D eigenvalue weighted by atomic mass is 10.1. The van der Waals surface area contributed by atoms with Crippen LogP contribution in [0.15, 0.2) is 60.7 Å². The number of phenols is 1. The predicted octanol–water partition coefficient (Wildman–Crippen LogP) is 4.23. The van der Waals surface area contributed by atoms with Gasteiger partial charge in [-0.25, -0.2) is 4.79 Å². The molecule has 0 aromatic heterocycles. The van der Waals surface area contributed by atoms with Crippen LogP contribution in [0.2, 0.25) is 5.02 Å². The second kappa shape index (κ2) is 8.10. The van der Waals surface area contributed by atoms with Crippen molar-refractivity contribution in [1.29, 1.82) is 0 Å². The number of nitrogens with one attached hydrogen (secondary N) is 1. The first kappa shape index (κ1) is 18.7. The van der Waals surface area contributed by atoms with Gasteiger partial charge in [0.15, 0.2) is 6.61 Å². The highest BCUT2D eigenvalue weighted by atomic mass is 35.5. The van der Waals surface area contributed by atoms with Gasteiger partial charge >= 0.3 is 5.97 Å². The highest BCUT2D eigenvalue weighted by Gasteiger charge is 2.17. The molecule has 138 valence electrons. The summed E-state index contributed by atoms with van der Waals surface area (Å²) in [6.07, 6.45) is 0. The van der Waals surface area contributed by atoms with Crippen LogP contribution in [-0.2, 0) is 9.53 Å². The molecule has 3 aromatic carbocycles. The lowest BCUT2D eigenvalue weighted by Gasteiger charge is -2.15. The van der Waals surface area contributed by atoms with Crippen LogP contribution in [0.5, 0.6) is 5.75 Å². The number of fused-ring (bicyclic) bond motifs is 1. The van der Waals surface area contributed by atoms with E-state index >= 15 is 0 Å². The maximum absolute atomic E-state index is 12.2. The molecule has 0 radical (unpaired) electrons. The summed E-state index contributed by atoms with van der Waals surface area (Å²) in [5.74, 6) is -1.40. The number of rotatable bonds is 5. The van der Waals surface area contributed by atoms with Gasteiger partial charge in [0.25, 0.3) is 5.91 Å². The topological polar surface area (TPSA) is 75.6 Å². The Morgan fingerprint density at radius 2 is 1.78 bits per heavy atom. The van der Waals surface area contributed by atoms with Crippen LogP contribution in [0.3, 0.4) is 0 Å². The molecule has 0 unspecified atom stereocenters. The number of carbonyl (C=O) groups is 2. The first-order chi connectivity index (χ1) is 12.9. The molecule has 3 rings (SSSR count). The highest BCUT2D eigenvalue weighted by Crippen LogP contribution is 2.25. The molecule has 3 aromatic rings. The SMILES string of the molecule is C[C@@H](NC(=O)COC(=O)c1cc2ccccc2cc1O)c1cccc(Cl)c1. The largest absolute Gasteiger partial charge is 0.507 e. The molecule has 6 heteroatoms. The van der Waals surface area contributed by atoms with E-state index in [1.165, 1.54) is 6.07 Å². The minimum absolute atomic E-state index is 0.0180. The summed E-state index contributed by atoms with van der Waals surface area (Å²) in [6.45, 7) is 1.36. The van der Waals surface area contributed by atoms with Gasteiger partial charge in [0.2, 0.25) is 0 Å². The van der Waals surface area contributed by atoms with E-state index in [4.69, 9.17) is 16.3 Å². The van der Waals surface area contributed by atoms with Crippen molar-refractivity contribution in [3.05, 3.63) is 76.8 Å². The number of ether oxygens (including phenoxy) is 1.